The van der Waals surface area contributed by atoms with Crippen LogP contribution in [0.3, 0.4) is 0 Å². The normalized spacial score (nSPS) is 18.0. The van der Waals surface area contributed by atoms with Crippen LogP contribution >= 0.6 is 0 Å². The summed E-state index contributed by atoms with van der Waals surface area (Å²) in [5.74, 6) is 0.232. The molecule has 4 nitrogen and oxygen atoms in total. The predicted octanol–water partition coefficient (Wildman–Crippen LogP) is 3.53. The topological polar surface area (TPSA) is 42.2 Å². The maximum atomic E-state index is 13.1. The van der Waals surface area contributed by atoms with Crippen molar-refractivity contribution >= 4 is 11.3 Å². The zero-order valence-electron chi connectivity index (χ0n) is 12.1. The fourth-order valence-electron chi connectivity index (χ4n) is 2.22. The molecule has 0 unspecified atom stereocenters. The van der Waals surface area contributed by atoms with E-state index < -0.39 is 11.7 Å². The van der Waals surface area contributed by atoms with Gasteiger partial charge in [-0.1, -0.05) is 20.8 Å². The van der Waals surface area contributed by atoms with Crippen molar-refractivity contribution in [2.24, 2.45) is 0 Å². The van der Waals surface area contributed by atoms with Crippen LogP contribution in [-0.2, 0) is 5.41 Å². The maximum Gasteiger partial charge on any atom is 0.411 e. The Bertz CT molecular complexity index is 678. The van der Waals surface area contributed by atoms with E-state index in [1.165, 1.54) is 6.20 Å². The van der Waals surface area contributed by atoms with Gasteiger partial charge in [0, 0.05) is 17.8 Å². The monoisotopic (exact) mass is 298 g/mol. The van der Waals surface area contributed by atoms with E-state index in [1.54, 1.807) is 16.8 Å². The Labute approximate surface area is 120 Å². The summed E-state index contributed by atoms with van der Waals surface area (Å²) in [6, 6.07) is 1.79. The first kappa shape index (κ1) is 14.2. The lowest BCUT2D eigenvalue weighted by molar-refractivity contribution is -0.151. The Balaban J connectivity index is 2.02. The van der Waals surface area contributed by atoms with Crippen LogP contribution in [0.1, 0.15) is 39.3 Å². The Morgan fingerprint density at radius 2 is 1.90 bits per heavy atom. The molecule has 21 heavy (non-hydrogen) atoms. The lowest BCUT2D eigenvalue weighted by atomic mass is 9.92. The summed E-state index contributed by atoms with van der Waals surface area (Å²) >= 11 is 0. The third kappa shape index (κ3) is 2.34. The molecule has 0 saturated heterocycles. The minimum atomic E-state index is -4.27. The number of nitrogens with one attached hydrogen (secondary N) is 1. The zero-order valence-corrected chi connectivity index (χ0v) is 12.1. The molecule has 3 rings (SSSR count). The van der Waals surface area contributed by atoms with E-state index in [9.17, 15) is 13.2 Å². The van der Waals surface area contributed by atoms with E-state index in [2.05, 4.69) is 15.4 Å². The molecule has 0 amide bonds. The maximum absolute atomic E-state index is 13.1. The number of rotatable bonds is 2. The van der Waals surface area contributed by atoms with Crippen LogP contribution in [0.25, 0.3) is 5.52 Å². The molecule has 0 spiro atoms. The molecular formula is C14H17F3N4. The number of fused-ring (bicyclic) bond motifs is 1. The van der Waals surface area contributed by atoms with Gasteiger partial charge in [0.25, 0.3) is 0 Å². The van der Waals surface area contributed by atoms with Crippen LogP contribution in [0.2, 0.25) is 0 Å². The van der Waals surface area contributed by atoms with E-state index in [0.29, 0.717) is 5.52 Å². The summed E-state index contributed by atoms with van der Waals surface area (Å²) in [4.78, 5) is 4.07. The number of alkyl halides is 3. The Morgan fingerprint density at radius 1 is 1.24 bits per heavy atom. The van der Waals surface area contributed by atoms with Crippen molar-refractivity contribution in [1.82, 2.24) is 14.6 Å². The average Bonchev–Trinajstić information content (AvgIpc) is 2.99. The highest BCUT2D eigenvalue weighted by Gasteiger charge is 2.63. The number of hydrogen-bond acceptors (Lipinski definition) is 3. The number of hydrogen-bond donors (Lipinski definition) is 1. The molecule has 0 radical (unpaired) electrons. The summed E-state index contributed by atoms with van der Waals surface area (Å²) in [6.07, 6.45) is -1.00. The predicted molar refractivity (Wildman–Crippen MR) is 73.3 cm³/mol. The zero-order chi connectivity index (χ0) is 15.5. The van der Waals surface area contributed by atoms with Gasteiger partial charge in [0.15, 0.2) is 5.82 Å². The highest BCUT2D eigenvalue weighted by atomic mass is 19.4. The van der Waals surface area contributed by atoms with Crippen LogP contribution < -0.4 is 5.32 Å². The number of nitrogens with zero attached hydrogens (tertiary/aromatic N) is 3. The van der Waals surface area contributed by atoms with Crippen LogP contribution in [0.15, 0.2) is 18.5 Å². The van der Waals surface area contributed by atoms with Crippen LogP contribution in [0, 0.1) is 0 Å². The molecule has 0 bridgehead atoms. The Hall–Kier alpha value is -1.79. The van der Waals surface area contributed by atoms with Crippen LogP contribution in [0.5, 0.6) is 0 Å². The van der Waals surface area contributed by atoms with Gasteiger partial charge in [0.05, 0.1) is 5.69 Å². The Kier molecular flexibility index (Phi) is 2.77. The number of halogens is 3. The third-order valence-corrected chi connectivity index (χ3v) is 3.81. The molecule has 2 aromatic rings. The first-order valence-corrected chi connectivity index (χ1v) is 6.82. The van der Waals surface area contributed by atoms with Crippen molar-refractivity contribution in [3.05, 3.63) is 24.2 Å². The van der Waals surface area contributed by atoms with Gasteiger partial charge in [-0.2, -0.15) is 18.3 Å². The fraction of sp³-hybridized carbons (Fsp3) is 0.571. The molecule has 1 fully saturated rings. The van der Waals surface area contributed by atoms with E-state index in [0.717, 1.165) is 5.69 Å². The highest BCUT2D eigenvalue weighted by molar-refractivity contribution is 5.69. The SMILES string of the molecule is CC(C)(C)c1cc2c(NC3(C(F)(F)F)CC3)nccn2n1. The molecule has 1 N–H and O–H groups in total. The standard InChI is InChI=1S/C14H17F3N4/c1-12(2,3)10-8-9-11(18-6-7-21(9)20-10)19-13(4-5-13)14(15,16)17/h6-8H,4-5H2,1-3H3,(H,18,19). The van der Waals surface area contributed by atoms with Gasteiger partial charge in [-0.15, -0.1) is 0 Å². The summed E-state index contributed by atoms with van der Waals surface area (Å²) in [6.45, 7) is 6.02. The summed E-state index contributed by atoms with van der Waals surface area (Å²) in [7, 11) is 0. The van der Waals surface area contributed by atoms with Gasteiger partial charge >= 0.3 is 6.18 Å². The van der Waals surface area contributed by atoms with E-state index in [-0.39, 0.29) is 24.1 Å². The molecule has 7 heteroatoms. The van der Waals surface area contributed by atoms with Gasteiger partial charge in [-0.3, -0.25) is 0 Å². The quantitative estimate of drug-likeness (QED) is 0.922. The lowest BCUT2D eigenvalue weighted by Crippen LogP contribution is -2.39. The van der Waals surface area contributed by atoms with Crippen molar-refractivity contribution in [2.45, 2.75) is 50.7 Å². The molecule has 1 saturated carbocycles. The molecule has 0 aliphatic heterocycles. The van der Waals surface area contributed by atoms with Gasteiger partial charge in [-0.05, 0) is 18.9 Å². The Morgan fingerprint density at radius 3 is 2.43 bits per heavy atom. The summed E-state index contributed by atoms with van der Waals surface area (Å²) in [5.41, 5.74) is -0.619. The minimum Gasteiger partial charge on any atom is -0.354 e. The second-order valence-electron chi connectivity index (χ2n) is 6.59. The highest BCUT2D eigenvalue weighted by Crippen LogP contribution is 2.51. The van der Waals surface area contributed by atoms with Crippen molar-refractivity contribution in [2.75, 3.05) is 5.32 Å². The molecule has 1 aliphatic carbocycles. The van der Waals surface area contributed by atoms with Crippen molar-refractivity contribution in [3.63, 3.8) is 0 Å². The van der Waals surface area contributed by atoms with Crippen molar-refractivity contribution < 1.29 is 13.2 Å². The third-order valence-electron chi connectivity index (χ3n) is 3.81. The second-order valence-corrected chi connectivity index (χ2v) is 6.59. The summed E-state index contributed by atoms with van der Waals surface area (Å²) in [5, 5.41) is 6.99. The van der Waals surface area contributed by atoms with Gasteiger partial charge < -0.3 is 5.32 Å². The van der Waals surface area contributed by atoms with E-state index in [4.69, 9.17) is 0 Å². The van der Waals surface area contributed by atoms with Gasteiger partial charge in [0.1, 0.15) is 11.1 Å². The van der Waals surface area contributed by atoms with Gasteiger partial charge in [-0.25, -0.2) is 9.50 Å². The van der Waals surface area contributed by atoms with E-state index >= 15 is 0 Å². The number of aromatic nitrogens is 3. The van der Waals surface area contributed by atoms with Gasteiger partial charge in [0.2, 0.25) is 0 Å². The van der Waals surface area contributed by atoms with Crippen LogP contribution in [-0.4, -0.2) is 26.3 Å². The minimum absolute atomic E-state index is 0.0828. The van der Waals surface area contributed by atoms with Crippen molar-refractivity contribution in [1.29, 1.82) is 0 Å². The lowest BCUT2D eigenvalue weighted by Gasteiger charge is -2.21. The number of anilines is 1. The smallest absolute Gasteiger partial charge is 0.354 e. The molecule has 2 heterocycles. The molecule has 1 aliphatic rings. The first-order chi connectivity index (χ1) is 9.62. The molecule has 2 aromatic heterocycles. The van der Waals surface area contributed by atoms with Crippen LogP contribution in [0.4, 0.5) is 19.0 Å². The fourth-order valence-corrected chi connectivity index (χ4v) is 2.22. The molecule has 0 aromatic carbocycles. The van der Waals surface area contributed by atoms with Crippen molar-refractivity contribution in [3.8, 4) is 0 Å². The summed E-state index contributed by atoms with van der Waals surface area (Å²) < 4.78 is 40.8. The first-order valence-electron chi connectivity index (χ1n) is 6.82. The molecule has 114 valence electrons. The van der Waals surface area contributed by atoms with E-state index in [1.807, 2.05) is 20.8 Å². The molecular weight excluding hydrogens is 281 g/mol. The average molecular weight is 298 g/mol. The largest absolute Gasteiger partial charge is 0.411 e. The molecule has 0 atom stereocenters. The second kappa shape index (κ2) is 4.11.